The maximum absolute atomic E-state index is 6.74. The van der Waals surface area contributed by atoms with Crippen LogP contribution in [0.15, 0.2) is 30.3 Å². The van der Waals surface area contributed by atoms with E-state index in [2.05, 4.69) is 45.3 Å². The predicted molar refractivity (Wildman–Crippen MR) is 159 cm³/mol. The number of fused-ring (bicyclic) bond motifs is 4. The van der Waals surface area contributed by atoms with Gasteiger partial charge < -0.3 is 24.8 Å². The topological polar surface area (TPSA) is 56.8 Å². The molecule has 3 saturated heterocycles. The Kier molecular flexibility index (Phi) is 6.96. The molecule has 3 aromatic rings. The van der Waals surface area contributed by atoms with Crippen molar-refractivity contribution in [1.29, 1.82) is 0 Å². The van der Waals surface area contributed by atoms with Crippen molar-refractivity contribution in [3.05, 3.63) is 51.6 Å². The van der Waals surface area contributed by atoms with E-state index in [0.717, 1.165) is 79.5 Å². The first-order valence-electron chi connectivity index (χ1n) is 14.4. The first-order chi connectivity index (χ1) is 19.0. The van der Waals surface area contributed by atoms with Crippen molar-refractivity contribution in [2.45, 2.75) is 50.7 Å². The molecule has 4 aliphatic rings. The minimum Gasteiger partial charge on any atom is -0.462 e. The van der Waals surface area contributed by atoms with E-state index in [1.54, 1.807) is 0 Å². The Labute approximate surface area is 240 Å². The van der Waals surface area contributed by atoms with Crippen LogP contribution in [0.3, 0.4) is 0 Å². The first-order valence-corrected chi connectivity index (χ1v) is 15.1. The summed E-state index contributed by atoms with van der Waals surface area (Å²) in [6, 6.07) is 11.7. The Bertz CT molecular complexity index is 1390. The zero-order valence-corrected chi connectivity index (χ0v) is 24.0. The molecular weight excluding hydrogens is 531 g/mol. The number of hydrogen-bond donors (Lipinski definition) is 1. The molecule has 7 rings (SSSR count). The monoisotopic (exact) mass is 566 g/mol. The minimum atomic E-state index is 0.422. The Balaban J connectivity index is 1.24. The molecule has 206 valence electrons. The molecule has 3 fully saturated rings. The van der Waals surface area contributed by atoms with Crippen molar-refractivity contribution in [2.75, 3.05) is 56.2 Å². The molecule has 0 aliphatic carbocycles. The third-order valence-electron chi connectivity index (χ3n) is 9.21. The van der Waals surface area contributed by atoms with Crippen LogP contribution < -0.4 is 19.9 Å². The lowest BCUT2D eigenvalue weighted by molar-refractivity contribution is 0.187. The molecule has 1 aromatic heterocycles. The van der Waals surface area contributed by atoms with Gasteiger partial charge in [0.1, 0.15) is 12.4 Å². The largest absolute Gasteiger partial charge is 0.462 e. The second-order valence-corrected chi connectivity index (χ2v) is 12.5. The summed E-state index contributed by atoms with van der Waals surface area (Å²) >= 11 is 13.2. The van der Waals surface area contributed by atoms with Gasteiger partial charge in [-0.15, -0.1) is 0 Å². The van der Waals surface area contributed by atoms with Gasteiger partial charge in [-0.05, 0) is 75.7 Å². The van der Waals surface area contributed by atoms with E-state index >= 15 is 0 Å². The normalized spacial score (nSPS) is 25.3. The quantitative estimate of drug-likeness (QED) is 0.457. The molecule has 2 unspecified atom stereocenters. The van der Waals surface area contributed by atoms with E-state index in [9.17, 15) is 0 Å². The van der Waals surface area contributed by atoms with Crippen molar-refractivity contribution in [3.8, 4) is 6.01 Å². The number of anilines is 2. The Morgan fingerprint density at radius 1 is 1.05 bits per heavy atom. The van der Waals surface area contributed by atoms with Crippen LogP contribution >= 0.6 is 23.2 Å². The maximum Gasteiger partial charge on any atom is 0.318 e. The zero-order valence-electron chi connectivity index (χ0n) is 22.5. The highest BCUT2D eigenvalue weighted by Gasteiger charge is 2.33. The van der Waals surface area contributed by atoms with Gasteiger partial charge in [0.2, 0.25) is 0 Å². The highest BCUT2D eigenvalue weighted by molar-refractivity contribution is 6.46. The number of nitrogens with one attached hydrogen (secondary N) is 1. The number of aromatic nitrogens is 2. The van der Waals surface area contributed by atoms with Crippen LogP contribution in [0, 0.1) is 5.92 Å². The molecule has 3 atom stereocenters. The summed E-state index contributed by atoms with van der Waals surface area (Å²) in [4.78, 5) is 17.4. The third-order valence-corrected chi connectivity index (χ3v) is 10.0. The van der Waals surface area contributed by atoms with Gasteiger partial charge in [0, 0.05) is 48.4 Å². The number of ether oxygens (including phenoxy) is 1. The van der Waals surface area contributed by atoms with Crippen LogP contribution in [0.1, 0.15) is 36.9 Å². The number of likely N-dealkylation sites (N-methyl/N-ethyl adjacent to an activating group) is 1. The zero-order chi connectivity index (χ0) is 26.5. The average molecular weight is 568 g/mol. The van der Waals surface area contributed by atoms with Gasteiger partial charge in [-0.2, -0.15) is 9.97 Å². The van der Waals surface area contributed by atoms with Crippen LogP contribution in [0.25, 0.3) is 10.8 Å². The third kappa shape index (κ3) is 4.92. The van der Waals surface area contributed by atoms with Gasteiger partial charge in [0.25, 0.3) is 0 Å². The molecule has 0 radical (unpaired) electrons. The Morgan fingerprint density at radius 2 is 1.97 bits per heavy atom. The average Bonchev–Trinajstić information content (AvgIpc) is 3.52. The molecular formula is C30H36Cl2N6O. The smallest absolute Gasteiger partial charge is 0.318 e. The van der Waals surface area contributed by atoms with E-state index < -0.39 is 0 Å². The maximum atomic E-state index is 6.74. The number of benzene rings is 2. The molecule has 0 saturated carbocycles. The SMILES string of the molecule is CN1CCC[C@H]1COc1nc2c(c(N3CCC4CNC(C4)C3)n1)CCN(c1cccc3ccc(Cl)c(Cl)c13)C2. The minimum absolute atomic E-state index is 0.422. The Hall–Kier alpha value is -2.32. The molecule has 4 aliphatic heterocycles. The molecule has 9 heteroatoms. The fraction of sp³-hybridized carbons (Fsp3) is 0.533. The van der Waals surface area contributed by atoms with E-state index in [4.69, 9.17) is 37.9 Å². The van der Waals surface area contributed by atoms with Gasteiger partial charge >= 0.3 is 6.01 Å². The van der Waals surface area contributed by atoms with E-state index in [-0.39, 0.29) is 0 Å². The summed E-state index contributed by atoms with van der Waals surface area (Å²) in [7, 11) is 2.18. The molecule has 2 bridgehead atoms. The summed E-state index contributed by atoms with van der Waals surface area (Å²) in [6.07, 6.45) is 5.72. The fourth-order valence-corrected chi connectivity index (χ4v) is 7.41. The van der Waals surface area contributed by atoms with Crippen molar-refractivity contribution < 1.29 is 4.74 Å². The van der Waals surface area contributed by atoms with Gasteiger partial charge in [-0.1, -0.05) is 41.4 Å². The summed E-state index contributed by atoms with van der Waals surface area (Å²) < 4.78 is 6.33. The van der Waals surface area contributed by atoms with E-state index in [0.29, 0.717) is 41.3 Å². The summed E-state index contributed by atoms with van der Waals surface area (Å²) in [5.41, 5.74) is 3.41. The van der Waals surface area contributed by atoms with Gasteiger partial charge in [0.05, 0.1) is 22.3 Å². The number of likely N-dealkylation sites (tertiary alicyclic amines) is 1. The molecule has 2 aromatic carbocycles. The molecule has 39 heavy (non-hydrogen) atoms. The van der Waals surface area contributed by atoms with Crippen molar-refractivity contribution in [1.82, 2.24) is 20.2 Å². The first kappa shape index (κ1) is 25.6. The summed E-state index contributed by atoms with van der Waals surface area (Å²) in [5, 5.41) is 7.00. The molecule has 7 nitrogen and oxygen atoms in total. The summed E-state index contributed by atoms with van der Waals surface area (Å²) in [5.74, 6) is 1.84. The molecule has 0 spiro atoms. The lowest BCUT2D eigenvalue weighted by Gasteiger charge is -2.35. The lowest BCUT2D eigenvalue weighted by Crippen LogP contribution is -2.41. The van der Waals surface area contributed by atoms with Gasteiger partial charge in [-0.25, -0.2) is 0 Å². The number of rotatable bonds is 5. The highest BCUT2D eigenvalue weighted by Crippen LogP contribution is 2.40. The van der Waals surface area contributed by atoms with Gasteiger partial charge in [0.15, 0.2) is 0 Å². The lowest BCUT2D eigenvalue weighted by atomic mass is 10.0. The van der Waals surface area contributed by atoms with Crippen molar-refractivity contribution in [3.63, 3.8) is 0 Å². The number of halogens is 2. The van der Waals surface area contributed by atoms with Crippen LogP contribution in [0.5, 0.6) is 6.01 Å². The molecule has 1 N–H and O–H groups in total. The second-order valence-electron chi connectivity index (χ2n) is 11.7. The number of hydrogen-bond acceptors (Lipinski definition) is 7. The Morgan fingerprint density at radius 3 is 2.85 bits per heavy atom. The van der Waals surface area contributed by atoms with Gasteiger partial charge in [-0.3, -0.25) is 0 Å². The molecule has 0 amide bonds. The second kappa shape index (κ2) is 10.6. The summed E-state index contributed by atoms with van der Waals surface area (Å²) in [6.45, 7) is 6.49. The van der Waals surface area contributed by atoms with E-state index in [1.165, 1.54) is 24.8 Å². The van der Waals surface area contributed by atoms with E-state index in [1.807, 2.05) is 12.1 Å². The van der Waals surface area contributed by atoms with Crippen LogP contribution in [0.4, 0.5) is 11.5 Å². The van der Waals surface area contributed by atoms with Crippen molar-refractivity contribution in [2.24, 2.45) is 5.92 Å². The molecule has 5 heterocycles. The van der Waals surface area contributed by atoms with Crippen LogP contribution in [-0.2, 0) is 13.0 Å². The van der Waals surface area contributed by atoms with Crippen LogP contribution in [-0.4, -0.2) is 73.3 Å². The van der Waals surface area contributed by atoms with Crippen LogP contribution in [0.2, 0.25) is 10.0 Å². The standard InChI is InChI=1S/C30H36Cl2N6O/c1-36-11-3-5-22(36)18-39-30-34-25-17-37(26-6-2-4-20-7-8-24(31)28(32)27(20)26)13-10-23(25)29(35-30)38-12-9-19-14-21(16-38)33-15-19/h2,4,6-8,19,21-22,33H,3,5,9-18H2,1H3/t19?,21?,22-/m0/s1. The van der Waals surface area contributed by atoms with Crippen molar-refractivity contribution >= 4 is 45.5 Å². The number of nitrogens with zero attached hydrogens (tertiary/aromatic N) is 5. The highest BCUT2D eigenvalue weighted by atomic mass is 35.5. The predicted octanol–water partition coefficient (Wildman–Crippen LogP) is 5.16. The fourth-order valence-electron chi connectivity index (χ4n) is 6.98.